The molecule has 100 valence electrons. The molecule has 1 fully saturated rings. The summed E-state index contributed by atoms with van der Waals surface area (Å²) in [6, 6.07) is 8.98. The van der Waals surface area contributed by atoms with Crippen molar-refractivity contribution < 1.29 is 9.59 Å². The highest BCUT2D eigenvalue weighted by Gasteiger charge is 2.28. The standard InChI is InChI=1S/C14H13BrO2S2/c1-9(16)12(14-18-8-11(7-15)19-14)13(17)10-5-3-2-4-6-10/h2-6,11H,7-8H2,1H3/b14-12-. The van der Waals surface area contributed by atoms with Crippen molar-refractivity contribution in [3.63, 3.8) is 0 Å². The maximum Gasteiger partial charge on any atom is 0.198 e. The summed E-state index contributed by atoms with van der Waals surface area (Å²) in [6.45, 7) is 1.46. The summed E-state index contributed by atoms with van der Waals surface area (Å²) < 4.78 is 0.866. The number of Topliss-reactive ketones (excluding diaryl/α,β-unsaturated/α-hetero) is 2. The van der Waals surface area contributed by atoms with Crippen molar-refractivity contribution in [2.45, 2.75) is 12.2 Å². The number of benzene rings is 1. The van der Waals surface area contributed by atoms with E-state index in [1.54, 1.807) is 35.7 Å². The van der Waals surface area contributed by atoms with Crippen LogP contribution in [-0.4, -0.2) is 27.9 Å². The molecule has 1 aromatic rings. The van der Waals surface area contributed by atoms with E-state index in [9.17, 15) is 9.59 Å². The molecule has 1 aliphatic rings. The average molecular weight is 357 g/mol. The van der Waals surface area contributed by atoms with Gasteiger partial charge in [-0.15, -0.1) is 23.5 Å². The number of ketones is 2. The van der Waals surface area contributed by atoms with E-state index in [-0.39, 0.29) is 11.6 Å². The summed E-state index contributed by atoms with van der Waals surface area (Å²) >= 11 is 6.67. The molecule has 0 N–H and O–H groups in total. The number of hydrogen-bond donors (Lipinski definition) is 0. The minimum absolute atomic E-state index is 0.154. The molecule has 1 unspecified atom stereocenters. The number of carbonyl (C=O) groups excluding carboxylic acids is 2. The third-order valence-corrected chi connectivity index (χ3v) is 6.85. The number of allylic oxidation sites excluding steroid dienone is 1. The number of rotatable bonds is 4. The maximum atomic E-state index is 12.5. The zero-order chi connectivity index (χ0) is 13.8. The van der Waals surface area contributed by atoms with Crippen LogP contribution >= 0.6 is 39.5 Å². The number of alkyl halides is 1. The van der Waals surface area contributed by atoms with Crippen LogP contribution in [0.15, 0.2) is 40.1 Å². The molecule has 2 nitrogen and oxygen atoms in total. The molecule has 0 saturated carbocycles. The second-order valence-electron chi connectivity index (χ2n) is 4.12. The molecule has 0 amide bonds. The van der Waals surface area contributed by atoms with Gasteiger partial charge in [0.15, 0.2) is 11.6 Å². The van der Waals surface area contributed by atoms with Crippen LogP contribution in [0.5, 0.6) is 0 Å². The van der Waals surface area contributed by atoms with Crippen LogP contribution in [0.25, 0.3) is 0 Å². The predicted octanol–water partition coefficient (Wildman–Crippen LogP) is 3.91. The van der Waals surface area contributed by atoms with Crippen molar-refractivity contribution in [2.24, 2.45) is 0 Å². The predicted molar refractivity (Wildman–Crippen MR) is 86.1 cm³/mol. The van der Waals surface area contributed by atoms with E-state index in [0.717, 1.165) is 15.3 Å². The van der Waals surface area contributed by atoms with Gasteiger partial charge in [-0.05, 0) is 6.92 Å². The first kappa shape index (κ1) is 14.9. The Labute approximate surface area is 129 Å². The van der Waals surface area contributed by atoms with E-state index >= 15 is 0 Å². The largest absolute Gasteiger partial charge is 0.294 e. The molecule has 1 saturated heterocycles. The van der Waals surface area contributed by atoms with E-state index < -0.39 is 0 Å². The van der Waals surface area contributed by atoms with Gasteiger partial charge in [0.05, 0.1) is 9.81 Å². The van der Waals surface area contributed by atoms with E-state index in [1.165, 1.54) is 6.92 Å². The van der Waals surface area contributed by atoms with Crippen LogP contribution < -0.4 is 0 Å². The quantitative estimate of drug-likeness (QED) is 0.269. The van der Waals surface area contributed by atoms with Crippen molar-refractivity contribution in [3.8, 4) is 0 Å². The Morgan fingerprint density at radius 1 is 1.32 bits per heavy atom. The van der Waals surface area contributed by atoms with Crippen LogP contribution in [0.3, 0.4) is 0 Å². The lowest BCUT2D eigenvalue weighted by atomic mass is 10.0. The van der Waals surface area contributed by atoms with E-state index in [1.807, 2.05) is 18.2 Å². The fourth-order valence-electron chi connectivity index (χ4n) is 1.73. The third kappa shape index (κ3) is 3.52. The highest BCUT2D eigenvalue weighted by atomic mass is 79.9. The van der Waals surface area contributed by atoms with Crippen LogP contribution in [0, 0.1) is 0 Å². The molecule has 1 atom stereocenters. The number of hydrogen-bond acceptors (Lipinski definition) is 4. The van der Waals surface area contributed by atoms with Crippen LogP contribution in [0.1, 0.15) is 17.3 Å². The molecule has 5 heteroatoms. The highest BCUT2D eigenvalue weighted by molar-refractivity contribution is 9.09. The molecular formula is C14H13BrO2S2. The second kappa shape index (κ2) is 6.77. The first-order valence-corrected chi connectivity index (χ1v) is 8.82. The minimum Gasteiger partial charge on any atom is -0.294 e. The molecule has 2 rings (SSSR count). The summed E-state index contributed by atoms with van der Waals surface area (Å²) in [6.07, 6.45) is 0. The molecule has 0 spiro atoms. The molecular weight excluding hydrogens is 344 g/mol. The average Bonchev–Trinajstić information content (AvgIpc) is 2.88. The van der Waals surface area contributed by atoms with E-state index in [2.05, 4.69) is 15.9 Å². The number of carbonyl (C=O) groups is 2. The smallest absolute Gasteiger partial charge is 0.198 e. The van der Waals surface area contributed by atoms with Crippen LogP contribution in [-0.2, 0) is 4.79 Å². The van der Waals surface area contributed by atoms with Gasteiger partial charge in [0.1, 0.15) is 0 Å². The molecule has 0 bridgehead atoms. The molecule has 0 aliphatic carbocycles. The lowest BCUT2D eigenvalue weighted by Crippen LogP contribution is -2.11. The van der Waals surface area contributed by atoms with Gasteiger partial charge in [-0.3, -0.25) is 9.59 Å². The van der Waals surface area contributed by atoms with Gasteiger partial charge in [0.2, 0.25) is 0 Å². The zero-order valence-electron chi connectivity index (χ0n) is 10.4. The number of thioether (sulfide) groups is 2. The fourth-order valence-corrected chi connectivity index (χ4v) is 5.57. The van der Waals surface area contributed by atoms with Gasteiger partial charge in [0.25, 0.3) is 0 Å². The topological polar surface area (TPSA) is 34.1 Å². The van der Waals surface area contributed by atoms with Gasteiger partial charge in [0, 0.05) is 21.9 Å². The van der Waals surface area contributed by atoms with Gasteiger partial charge in [-0.1, -0.05) is 46.3 Å². The Morgan fingerprint density at radius 2 is 2.00 bits per heavy atom. The first-order chi connectivity index (χ1) is 9.13. The van der Waals surface area contributed by atoms with Crippen molar-refractivity contribution in [2.75, 3.05) is 11.1 Å². The van der Waals surface area contributed by atoms with Gasteiger partial charge >= 0.3 is 0 Å². The summed E-state index contributed by atoms with van der Waals surface area (Å²) in [7, 11) is 0. The molecule has 0 radical (unpaired) electrons. The molecule has 1 aromatic carbocycles. The highest BCUT2D eigenvalue weighted by Crippen LogP contribution is 2.44. The Hall–Kier alpha value is -0.520. The SMILES string of the molecule is CC(=O)/C(C(=O)c1ccccc1)=C1\SCC(CBr)S1. The molecule has 0 aromatic heterocycles. The zero-order valence-corrected chi connectivity index (χ0v) is 13.6. The summed E-state index contributed by atoms with van der Waals surface area (Å²) in [5, 5.41) is 1.30. The third-order valence-electron chi connectivity index (χ3n) is 2.67. The Kier molecular flexibility index (Phi) is 5.30. The number of halogens is 1. The maximum absolute atomic E-state index is 12.5. The fraction of sp³-hybridized carbons (Fsp3) is 0.286. The van der Waals surface area contributed by atoms with Crippen LogP contribution in [0.4, 0.5) is 0 Å². The van der Waals surface area contributed by atoms with Crippen molar-refractivity contribution in [3.05, 3.63) is 45.7 Å². The van der Waals surface area contributed by atoms with Gasteiger partial charge in [-0.25, -0.2) is 0 Å². The first-order valence-electron chi connectivity index (χ1n) is 5.84. The normalized spacial score (nSPS) is 21.3. The van der Waals surface area contributed by atoms with Gasteiger partial charge in [-0.2, -0.15) is 0 Å². The monoisotopic (exact) mass is 356 g/mol. The summed E-state index contributed by atoms with van der Waals surface area (Å²) in [4.78, 5) is 24.3. The minimum atomic E-state index is -0.168. The van der Waals surface area contributed by atoms with E-state index in [0.29, 0.717) is 16.4 Å². The van der Waals surface area contributed by atoms with E-state index in [4.69, 9.17) is 0 Å². The Morgan fingerprint density at radius 3 is 2.53 bits per heavy atom. The molecule has 1 heterocycles. The summed E-state index contributed by atoms with van der Waals surface area (Å²) in [5.41, 5.74) is 0.911. The second-order valence-corrected chi connectivity index (χ2v) is 7.37. The molecule has 1 aliphatic heterocycles. The van der Waals surface area contributed by atoms with Crippen molar-refractivity contribution in [1.82, 2.24) is 0 Å². The van der Waals surface area contributed by atoms with Crippen molar-refractivity contribution >= 4 is 51.0 Å². The van der Waals surface area contributed by atoms with Gasteiger partial charge < -0.3 is 0 Å². The lowest BCUT2D eigenvalue weighted by molar-refractivity contribution is -0.113. The Balaban J connectivity index is 2.34. The molecule has 19 heavy (non-hydrogen) atoms. The summed E-state index contributed by atoms with van der Waals surface area (Å²) in [5.74, 6) is 0.613. The lowest BCUT2D eigenvalue weighted by Gasteiger charge is -2.07. The Bertz CT molecular complexity index is 526. The van der Waals surface area contributed by atoms with Crippen molar-refractivity contribution in [1.29, 1.82) is 0 Å². The van der Waals surface area contributed by atoms with Crippen LogP contribution in [0.2, 0.25) is 0 Å².